The number of nitrogens with zero attached hydrogens (tertiary/aromatic N) is 3. The second-order valence-electron chi connectivity index (χ2n) is 4.71. The molecule has 0 aliphatic carbocycles. The highest BCUT2D eigenvalue weighted by Crippen LogP contribution is 2.37. The van der Waals surface area contributed by atoms with Crippen molar-refractivity contribution in [3.05, 3.63) is 23.9 Å². The van der Waals surface area contributed by atoms with E-state index < -0.39 is 11.8 Å². The molecule has 4 nitrogen and oxygen atoms in total. The summed E-state index contributed by atoms with van der Waals surface area (Å²) in [6.45, 7) is 3.89. The summed E-state index contributed by atoms with van der Waals surface area (Å²) in [4.78, 5) is 9.94. The molecular weight excluding hydrogens is 288 g/mol. The lowest BCUT2D eigenvalue weighted by Gasteiger charge is -2.38. The Morgan fingerprint density at radius 1 is 1.60 bits per heavy atom. The number of halogens is 3. The van der Waals surface area contributed by atoms with Crippen LogP contribution in [0, 0.1) is 5.92 Å². The van der Waals surface area contributed by atoms with Gasteiger partial charge in [-0.2, -0.15) is 4.98 Å². The Labute approximate surface area is 121 Å². The summed E-state index contributed by atoms with van der Waals surface area (Å²) in [7, 11) is 1.47. The smallest absolute Gasteiger partial charge is 0.254 e. The minimum absolute atomic E-state index is 0.169. The van der Waals surface area contributed by atoms with E-state index in [1.54, 1.807) is 4.90 Å². The topological polar surface area (TPSA) is 38.2 Å². The largest absolute Gasteiger partial charge is 0.481 e. The number of ether oxygens (including phenoxy) is 1. The van der Waals surface area contributed by atoms with Crippen molar-refractivity contribution in [1.82, 2.24) is 9.97 Å². The van der Waals surface area contributed by atoms with Crippen LogP contribution in [0.3, 0.4) is 0 Å². The second-order valence-corrected chi connectivity index (χ2v) is 5.10. The van der Waals surface area contributed by atoms with Gasteiger partial charge in [-0.1, -0.05) is 17.7 Å². The molecule has 20 heavy (non-hydrogen) atoms. The Morgan fingerprint density at radius 3 is 3.00 bits per heavy atom. The summed E-state index contributed by atoms with van der Waals surface area (Å²) >= 11 is 5.88. The molecule has 0 saturated carbocycles. The standard InChI is InChI=1S/C13H16ClF2N3O/c1-3-4-9-8-19(6-5-13(9,15)16)12-17-10(14)7-11(18-12)20-2/h3,7,9H,1,4-6,8H2,2H3. The number of piperidine rings is 1. The van der Waals surface area contributed by atoms with Crippen LogP contribution in [0.1, 0.15) is 12.8 Å². The lowest BCUT2D eigenvalue weighted by molar-refractivity contribution is -0.0710. The van der Waals surface area contributed by atoms with Gasteiger partial charge in [0.1, 0.15) is 5.15 Å². The molecule has 1 aliphatic rings. The predicted molar refractivity (Wildman–Crippen MR) is 73.7 cm³/mol. The zero-order chi connectivity index (χ0) is 14.8. The number of aromatic nitrogens is 2. The Kier molecular flexibility index (Phi) is 4.42. The first-order chi connectivity index (χ1) is 9.46. The SMILES string of the molecule is C=CCC1CN(c2nc(Cl)cc(OC)n2)CCC1(F)F. The van der Waals surface area contributed by atoms with Crippen molar-refractivity contribution in [2.24, 2.45) is 5.92 Å². The fraction of sp³-hybridized carbons (Fsp3) is 0.538. The van der Waals surface area contributed by atoms with Crippen LogP contribution in [0.2, 0.25) is 5.15 Å². The average molecular weight is 304 g/mol. The van der Waals surface area contributed by atoms with Crippen LogP contribution in [0.5, 0.6) is 5.88 Å². The maximum atomic E-state index is 13.8. The number of hydrogen-bond acceptors (Lipinski definition) is 4. The first-order valence-corrected chi connectivity index (χ1v) is 6.66. The molecule has 0 N–H and O–H groups in total. The van der Waals surface area contributed by atoms with Gasteiger partial charge >= 0.3 is 0 Å². The van der Waals surface area contributed by atoms with Gasteiger partial charge in [0.2, 0.25) is 11.8 Å². The minimum Gasteiger partial charge on any atom is -0.481 e. The third-order valence-electron chi connectivity index (χ3n) is 3.36. The van der Waals surface area contributed by atoms with Crippen molar-refractivity contribution in [3.63, 3.8) is 0 Å². The first kappa shape index (κ1) is 15.0. The molecule has 1 saturated heterocycles. The van der Waals surface area contributed by atoms with E-state index in [2.05, 4.69) is 16.5 Å². The Hall–Kier alpha value is -1.43. The maximum Gasteiger partial charge on any atom is 0.254 e. The lowest BCUT2D eigenvalue weighted by Crippen LogP contribution is -2.47. The van der Waals surface area contributed by atoms with Crippen molar-refractivity contribution >= 4 is 17.5 Å². The van der Waals surface area contributed by atoms with Gasteiger partial charge < -0.3 is 9.64 Å². The molecule has 1 aliphatic heterocycles. The van der Waals surface area contributed by atoms with Crippen molar-refractivity contribution < 1.29 is 13.5 Å². The molecule has 2 rings (SSSR count). The molecule has 1 aromatic heterocycles. The highest BCUT2D eigenvalue weighted by Gasteiger charge is 2.43. The summed E-state index contributed by atoms with van der Waals surface area (Å²) in [6.07, 6.45) is 1.53. The molecule has 1 aromatic rings. The zero-order valence-corrected chi connectivity index (χ0v) is 11.9. The number of anilines is 1. The third kappa shape index (κ3) is 3.17. The van der Waals surface area contributed by atoms with Gasteiger partial charge in [-0.05, 0) is 6.42 Å². The van der Waals surface area contributed by atoms with Gasteiger partial charge in [0.05, 0.1) is 7.11 Å². The number of rotatable bonds is 4. The van der Waals surface area contributed by atoms with Crippen LogP contribution < -0.4 is 9.64 Å². The molecule has 1 fully saturated rings. The van der Waals surface area contributed by atoms with E-state index in [-0.39, 0.29) is 31.1 Å². The van der Waals surface area contributed by atoms with Gasteiger partial charge in [-0.15, -0.1) is 6.58 Å². The fourth-order valence-electron chi connectivity index (χ4n) is 2.24. The molecule has 1 atom stereocenters. The summed E-state index contributed by atoms with van der Waals surface area (Å²) in [5.41, 5.74) is 0. The van der Waals surface area contributed by atoms with Gasteiger partial charge in [0, 0.05) is 31.5 Å². The Bertz CT molecular complexity index is 499. The molecule has 0 radical (unpaired) electrons. The van der Waals surface area contributed by atoms with Crippen LogP contribution >= 0.6 is 11.6 Å². The van der Waals surface area contributed by atoms with Crippen LogP contribution in [-0.4, -0.2) is 36.1 Å². The lowest BCUT2D eigenvalue weighted by atomic mass is 9.91. The van der Waals surface area contributed by atoms with E-state index in [4.69, 9.17) is 16.3 Å². The first-order valence-electron chi connectivity index (χ1n) is 6.28. The molecule has 7 heteroatoms. The number of alkyl halides is 2. The van der Waals surface area contributed by atoms with Crippen molar-refractivity contribution in [2.75, 3.05) is 25.1 Å². The average Bonchev–Trinajstić information content (AvgIpc) is 2.40. The summed E-state index contributed by atoms with van der Waals surface area (Å²) < 4.78 is 32.6. The Morgan fingerprint density at radius 2 is 2.35 bits per heavy atom. The molecule has 0 amide bonds. The van der Waals surface area contributed by atoms with E-state index in [9.17, 15) is 8.78 Å². The molecular formula is C13H16ClF2N3O. The second kappa shape index (κ2) is 5.91. The van der Waals surface area contributed by atoms with Gasteiger partial charge in [-0.25, -0.2) is 13.8 Å². The molecule has 1 unspecified atom stereocenters. The quantitative estimate of drug-likeness (QED) is 0.632. The van der Waals surface area contributed by atoms with Crippen LogP contribution in [0.25, 0.3) is 0 Å². The molecule has 110 valence electrons. The highest BCUT2D eigenvalue weighted by atomic mass is 35.5. The van der Waals surface area contributed by atoms with Crippen LogP contribution in [-0.2, 0) is 0 Å². The fourth-order valence-corrected chi connectivity index (χ4v) is 2.41. The monoisotopic (exact) mass is 303 g/mol. The van der Waals surface area contributed by atoms with Crippen LogP contribution in [0.4, 0.5) is 14.7 Å². The molecule has 0 bridgehead atoms. The van der Waals surface area contributed by atoms with Gasteiger partial charge in [0.15, 0.2) is 0 Å². The number of hydrogen-bond donors (Lipinski definition) is 0. The number of allylic oxidation sites excluding steroid dienone is 1. The summed E-state index contributed by atoms with van der Waals surface area (Å²) in [6, 6.07) is 1.48. The Balaban J connectivity index is 2.21. The van der Waals surface area contributed by atoms with Gasteiger partial charge in [-0.3, -0.25) is 0 Å². The number of methoxy groups -OCH3 is 1. The molecule has 0 spiro atoms. The van der Waals surface area contributed by atoms with E-state index in [0.717, 1.165) is 0 Å². The van der Waals surface area contributed by atoms with E-state index in [0.29, 0.717) is 11.8 Å². The maximum absolute atomic E-state index is 13.8. The minimum atomic E-state index is -2.69. The third-order valence-corrected chi connectivity index (χ3v) is 3.55. The van der Waals surface area contributed by atoms with E-state index >= 15 is 0 Å². The van der Waals surface area contributed by atoms with E-state index in [1.165, 1.54) is 19.3 Å². The molecule has 2 heterocycles. The highest BCUT2D eigenvalue weighted by molar-refractivity contribution is 6.29. The van der Waals surface area contributed by atoms with Crippen molar-refractivity contribution in [2.45, 2.75) is 18.8 Å². The summed E-state index contributed by atoms with van der Waals surface area (Å²) in [5, 5.41) is 0.226. The zero-order valence-electron chi connectivity index (χ0n) is 11.2. The van der Waals surface area contributed by atoms with Gasteiger partial charge in [0.25, 0.3) is 5.92 Å². The van der Waals surface area contributed by atoms with Crippen molar-refractivity contribution in [3.8, 4) is 5.88 Å². The predicted octanol–water partition coefficient (Wildman–Crippen LogP) is 3.18. The summed E-state index contributed by atoms with van der Waals surface area (Å²) in [5.74, 6) is -2.84. The normalized spacial score (nSPS) is 21.6. The van der Waals surface area contributed by atoms with Crippen LogP contribution in [0.15, 0.2) is 18.7 Å². The molecule has 0 aromatic carbocycles. The van der Waals surface area contributed by atoms with Crippen molar-refractivity contribution in [1.29, 1.82) is 0 Å². The van der Waals surface area contributed by atoms with E-state index in [1.807, 2.05) is 0 Å².